The summed E-state index contributed by atoms with van der Waals surface area (Å²) in [5.74, 6) is -5.34. The molecule has 0 aliphatic carbocycles. The van der Waals surface area contributed by atoms with Gasteiger partial charge in [0, 0.05) is 29.5 Å². The standard InChI is InChI=1S/C6H8O7.C5H14NO.Fe/c7-3(8)1-6(13,5(11)12)2-4(9)10;1-6(2,3)4-5-7;/h13H,1-2H2,(H,7,8)(H,9,10)(H,11,12);7H,4-5H2,1-3H3;/q;+1;/p-1. The van der Waals surface area contributed by atoms with Crippen molar-refractivity contribution in [3.63, 3.8) is 0 Å². The minimum atomic E-state index is -2.80. The van der Waals surface area contributed by atoms with Crippen LogP contribution < -0.4 is 5.11 Å². The smallest absolute Gasteiger partial charge is 0.336 e. The number of carboxylic acids is 3. The van der Waals surface area contributed by atoms with Crippen LogP contribution in [0.25, 0.3) is 0 Å². The molecule has 10 heteroatoms. The average molecular weight is 351 g/mol. The van der Waals surface area contributed by atoms with Gasteiger partial charge < -0.3 is 34.8 Å². The van der Waals surface area contributed by atoms with Gasteiger partial charge in [0.25, 0.3) is 0 Å². The quantitative estimate of drug-likeness (QED) is 0.281. The van der Waals surface area contributed by atoms with E-state index in [1.807, 2.05) is 0 Å². The number of aliphatic hydroxyl groups is 2. The number of quaternary nitrogens is 1. The Balaban J connectivity index is -0.000000347. The van der Waals surface area contributed by atoms with Crippen LogP contribution in [-0.4, -0.2) is 82.7 Å². The third-order valence-corrected chi connectivity index (χ3v) is 2.05. The van der Waals surface area contributed by atoms with E-state index in [0.29, 0.717) is 0 Å². The summed E-state index contributed by atoms with van der Waals surface area (Å²) in [5, 5.41) is 43.9. The predicted octanol–water partition coefficient (Wildman–Crippen LogP) is -2.90. The van der Waals surface area contributed by atoms with Crippen molar-refractivity contribution in [1.29, 1.82) is 0 Å². The number of hydrogen-bond donors (Lipinski definition) is 4. The Labute approximate surface area is 132 Å². The molecule has 21 heavy (non-hydrogen) atoms. The zero-order valence-corrected chi connectivity index (χ0v) is 13.2. The first kappa shape index (κ1) is 24.8. The van der Waals surface area contributed by atoms with E-state index in [1.165, 1.54) is 0 Å². The molecule has 1 unspecified atom stereocenters. The number of nitrogens with zero attached hydrogens (tertiary/aromatic N) is 1. The van der Waals surface area contributed by atoms with Crippen molar-refractivity contribution in [2.24, 2.45) is 0 Å². The van der Waals surface area contributed by atoms with Gasteiger partial charge >= 0.3 is 11.9 Å². The molecule has 0 fully saturated rings. The van der Waals surface area contributed by atoms with Crippen LogP contribution in [0.4, 0.5) is 0 Å². The van der Waals surface area contributed by atoms with Gasteiger partial charge in [0.05, 0.1) is 34.2 Å². The summed E-state index contributed by atoms with van der Waals surface area (Å²) >= 11 is 0. The zero-order chi connectivity index (χ0) is 16.6. The van der Waals surface area contributed by atoms with E-state index >= 15 is 0 Å². The number of likely N-dealkylation sites (N-methyl/N-ethyl adjacent to an activating group) is 1. The van der Waals surface area contributed by atoms with E-state index in [4.69, 9.17) is 20.4 Å². The van der Waals surface area contributed by atoms with Crippen LogP contribution in [0.3, 0.4) is 0 Å². The average Bonchev–Trinajstić information content (AvgIpc) is 2.12. The van der Waals surface area contributed by atoms with Crippen LogP contribution in [0.2, 0.25) is 0 Å². The van der Waals surface area contributed by atoms with Crippen molar-refractivity contribution >= 4 is 17.9 Å². The van der Waals surface area contributed by atoms with Crippen LogP contribution >= 0.6 is 0 Å². The van der Waals surface area contributed by atoms with Crippen LogP contribution in [0.15, 0.2) is 0 Å². The number of hydrogen-bond acceptors (Lipinski definition) is 6. The van der Waals surface area contributed by atoms with Gasteiger partial charge in [-0.05, 0) is 0 Å². The first-order chi connectivity index (χ1) is 8.84. The topological polar surface area (TPSA) is 155 Å². The van der Waals surface area contributed by atoms with Crippen molar-refractivity contribution in [1.82, 2.24) is 0 Å². The van der Waals surface area contributed by atoms with Gasteiger partial charge in [0.15, 0.2) is 5.60 Å². The fourth-order valence-electron chi connectivity index (χ4n) is 1.00. The summed E-state index contributed by atoms with van der Waals surface area (Å²) in [6.45, 7) is 1.11. The van der Waals surface area contributed by atoms with Gasteiger partial charge in [0.1, 0.15) is 6.54 Å². The van der Waals surface area contributed by atoms with Crippen LogP contribution in [0.5, 0.6) is 0 Å². The zero-order valence-electron chi connectivity index (χ0n) is 12.1. The number of aliphatic hydroxyl groups excluding tert-OH is 1. The maximum atomic E-state index is 10.3. The van der Waals surface area contributed by atoms with Crippen LogP contribution in [-0.2, 0) is 31.5 Å². The number of carbonyl (C=O) groups is 3. The van der Waals surface area contributed by atoms with Gasteiger partial charge in [-0.25, -0.2) is 4.79 Å². The number of aliphatic carboxylic acids is 3. The Bertz CT molecular complexity index is 337. The Morgan fingerprint density at radius 3 is 1.67 bits per heavy atom. The third kappa shape index (κ3) is 15.0. The molecular weight excluding hydrogens is 330 g/mol. The molecule has 0 aromatic rings. The summed E-state index contributed by atoms with van der Waals surface area (Å²) in [5.41, 5.74) is -2.80. The molecule has 0 rings (SSSR count). The molecule has 0 saturated heterocycles. The van der Waals surface area contributed by atoms with Gasteiger partial charge in [-0.3, -0.25) is 4.79 Å². The number of rotatable bonds is 7. The maximum absolute atomic E-state index is 10.3. The molecule has 0 spiro atoms. The normalized spacial score (nSPS) is 13.0. The number of carboxylic acid groups (broad SMARTS) is 3. The molecule has 4 N–H and O–H groups in total. The molecule has 0 aromatic carbocycles. The Morgan fingerprint density at radius 2 is 1.52 bits per heavy atom. The summed E-state index contributed by atoms with van der Waals surface area (Å²) < 4.78 is 0.844. The molecule has 0 saturated carbocycles. The summed E-state index contributed by atoms with van der Waals surface area (Å²) in [4.78, 5) is 30.3. The summed E-state index contributed by atoms with van der Waals surface area (Å²) in [7, 11) is 6.16. The summed E-state index contributed by atoms with van der Waals surface area (Å²) in [6.07, 6.45) is -2.44. The molecule has 9 nitrogen and oxygen atoms in total. The second-order valence-corrected chi connectivity index (χ2v) is 5.19. The molecule has 126 valence electrons. The largest absolute Gasteiger partial charge is 0.550 e. The molecule has 0 aliphatic heterocycles. The van der Waals surface area contributed by atoms with Crippen LogP contribution in [0.1, 0.15) is 12.8 Å². The van der Waals surface area contributed by atoms with E-state index in [9.17, 15) is 19.5 Å². The third-order valence-electron chi connectivity index (χ3n) is 2.05. The first-order valence-corrected chi connectivity index (χ1v) is 5.63. The van der Waals surface area contributed by atoms with E-state index in [2.05, 4.69) is 21.1 Å². The second-order valence-electron chi connectivity index (χ2n) is 5.19. The Hall–Kier alpha value is -1.19. The fourth-order valence-corrected chi connectivity index (χ4v) is 1.00. The van der Waals surface area contributed by atoms with Crippen molar-refractivity contribution in [2.45, 2.75) is 18.4 Å². The molecule has 0 amide bonds. The molecular formula is C11H21FeNO8. The van der Waals surface area contributed by atoms with E-state index in [1.54, 1.807) is 0 Å². The maximum Gasteiger partial charge on any atom is 0.336 e. The van der Waals surface area contributed by atoms with Crippen molar-refractivity contribution in [3.8, 4) is 0 Å². The van der Waals surface area contributed by atoms with E-state index in [-0.39, 0.29) is 23.7 Å². The second kappa shape index (κ2) is 10.5. The Morgan fingerprint density at radius 1 is 1.10 bits per heavy atom. The molecule has 0 aliphatic rings. The van der Waals surface area contributed by atoms with E-state index in [0.717, 1.165) is 11.0 Å². The van der Waals surface area contributed by atoms with Crippen molar-refractivity contribution in [2.75, 3.05) is 34.3 Å². The summed E-state index contributed by atoms with van der Waals surface area (Å²) in [6, 6.07) is 0. The fraction of sp³-hybridized carbons (Fsp3) is 0.727. The van der Waals surface area contributed by atoms with Gasteiger partial charge in [-0.1, -0.05) is 0 Å². The minimum absolute atomic E-state index is 0. The monoisotopic (exact) mass is 351 g/mol. The molecule has 0 bridgehead atoms. The first-order valence-electron chi connectivity index (χ1n) is 5.63. The predicted molar refractivity (Wildman–Crippen MR) is 64.4 cm³/mol. The van der Waals surface area contributed by atoms with Gasteiger partial charge in [0.2, 0.25) is 0 Å². The molecule has 1 atom stereocenters. The minimum Gasteiger partial charge on any atom is -0.550 e. The van der Waals surface area contributed by atoms with Crippen molar-refractivity contribution in [3.05, 3.63) is 0 Å². The van der Waals surface area contributed by atoms with E-state index < -0.39 is 36.4 Å². The van der Waals surface area contributed by atoms with Gasteiger partial charge in [-0.15, -0.1) is 0 Å². The Kier molecular flexibility index (Phi) is 12.4. The molecule has 0 heterocycles. The van der Waals surface area contributed by atoms with Crippen LogP contribution in [0, 0.1) is 0 Å². The number of carbonyl (C=O) groups excluding carboxylic acids is 1. The molecule has 0 radical (unpaired) electrons. The SMILES string of the molecule is C[N+](C)(C)CCO.O=C([O-])CC(O)(CC(=O)O)C(=O)O.[Fe]. The van der Waals surface area contributed by atoms with Gasteiger partial charge in [-0.2, -0.15) is 0 Å². The van der Waals surface area contributed by atoms with Crippen molar-refractivity contribution < 1.29 is 61.5 Å². The molecule has 0 aromatic heterocycles.